The maximum absolute atomic E-state index is 11.7. The van der Waals surface area contributed by atoms with Gasteiger partial charge in [0.05, 0.1) is 6.54 Å². The number of benzene rings is 1. The number of hydrogen-bond acceptors (Lipinski definition) is 5. The summed E-state index contributed by atoms with van der Waals surface area (Å²) in [6.45, 7) is 3.01. The molecule has 0 heterocycles. The summed E-state index contributed by atoms with van der Waals surface area (Å²) in [6.07, 6.45) is 9.95. The first-order valence-electron chi connectivity index (χ1n) is 8.63. The third-order valence-electron chi connectivity index (χ3n) is 3.20. The molecule has 0 aliphatic heterocycles. The Labute approximate surface area is 159 Å². The van der Waals surface area contributed by atoms with Crippen molar-refractivity contribution in [2.75, 3.05) is 24.2 Å². The molecule has 7 heteroatoms. The summed E-state index contributed by atoms with van der Waals surface area (Å²) < 4.78 is 2.97. The molecule has 1 aromatic rings. The van der Waals surface area contributed by atoms with Crippen LogP contribution in [0, 0.1) is 0 Å². The maximum Gasteiger partial charge on any atom is 0.239 e. The molecule has 0 saturated carbocycles. The molecule has 0 spiro atoms. The van der Waals surface area contributed by atoms with Crippen LogP contribution in [0.2, 0.25) is 0 Å². The minimum absolute atomic E-state index is 0.0405. The van der Waals surface area contributed by atoms with Crippen LogP contribution in [0.15, 0.2) is 48.6 Å². The lowest BCUT2D eigenvalue weighted by Crippen LogP contribution is -2.24. The fraction of sp³-hybridized carbons (Fsp3) is 0.368. The van der Waals surface area contributed by atoms with Crippen molar-refractivity contribution in [2.45, 2.75) is 26.2 Å². The van der Waals surface area contributed by atoms with Gasteiger partial charge in [0.15, 0.2) is 0 Å². The van der Waals surface area contributed by atoms with Crippen molar-refractivity contribution in [3.05, 3.63) is 48.6 Å². The molecular weight excluding hydrogens is 350 g/mol. The number of aromatic hydroxyl groups is 1. The van der Waals surface area contributed by atoms with Crippen molar-refractivity contribution in [1.29, 1.82) is 0 Å². The molecule has 4 N–H and O–H groups in total. The Morgan fingerprint density at radius 1 is 1.12 bits per heavy atom. The number of hydrogen-bond donors (Lipinski definition) is 4. The third-order valence-corrected chi connectivity index (χ3v) is 3.91. The summed E-state index contributed by atoms with van der Waals surface area (Å²) in [5.41, 5.74) is 0.642. The summed E-state index contributed by atoms with van der Waals surface area (Å²) in [5, 5.41) is 14.8. The normalized spacial score (nSPS) is 11.1. The third kappa shape index (κ3) is 11.3. The van der Waals surface area contributed by atoms with Gasteiger partial charge < -0.3 is 15.7 Å². The Hall–Kier alpha value is -2.25. The highest BCUT2D eigenvalue weighted by atomic mass is 32.2. The summed E-state index contributed by atoms with van der Waals surface area (Å²) >= 11 is 1.42. The second-order valence-corrected chi connectivity index (χ2v) is 6.40. The van der Waals surface area contributed by atoms with Crippen LogP contribution >= 0.6 is 11.9 Å². The Balaban J connectivity index is 2.04. The van der Waals surface area contributed by atoms with E-state index in [0.29, 0.717) is 17.9 Å². The van der Waals surface area contributed by atoms with Gasteiger partial charge in [0.1, 0.15) is 5.75 Å². The highest BCUT2D eigenvalue weighted by molar-refractivity contribution is 7.97. The van der Waals surface area contributed by atoms with Crippen molar-refractivity contribution in [1.82, 2.24) is 10.0 Å². The predicted octanol–water partition coefficient (Wildman–Crippen LogP) is 2.99. The average molecular weight is 378 g/mol. The van der Waals surface area contributed by atoms with E-state index < -0.39 is 0 Å². The predicted molar refractivity (Wildman–Crippen MR) is 108 cm³/mol. The minimum atomic E-state index is -0.152. The monoisotopic (exact) mass is 377 g/mol. The van der Waals surface area contributed by atoms with E-state index in [-0.39, 0.29) is 24.1 Å². The first-order valence-corrected chi connectivity index (χ1v) is 9.62. The van der Waals surface area contributed by atoms with Gasteiger partial charge in [-0.05, 0) is 30.7 Å². The summed E-state index contributed by atoms with van der Waals surface area (Å²) in [6, 6.07) is 6.31. The molecule has 1 rings (SSSR count). The fourth-order valence-electron chi connectivity index (χ4n) is 1.84. The van der Waals surface area contributed by atoms with Crippen molar-refractivity contribution in [3.8, 4) is 5.75 Å². The molecule has 0 aliphatic rings. The quantitative estimate of drug-likeness (QED) is 0.195. The topological polar surface area (TPSA) is 90.5 Å². The van der Waals surface area contributed by atoms with Gasteiger partial charge in [-0.15, -0.1) is 0 Å². The lowest BCUT2D eigenvalue weighted by molar-refractivity contribution is -0.120. The Bertz CT molecular complexity index is 601. The molecule has 0 aromatic heterocycles. The van der Waals surface area contributed by atoms with E-state index in [9.17, 15) is 14.7 Å². The van der Waals surface area contributed by atoms with Crippen molar-refractivity contribution in [2.24, 2.45) is 0 Å². The molecule has 0 radical (unpaired) electrons. The van der Waals surface area contributed by atoms with Gasteiger partial charge in [-0.1, -0.05) is 49.6 Å². The Morgan fingerprint density at radius 3 is 2.58 bits per heavy atom. The van der Waals surface area contributed by atoms with E-state index >= 15 is 0 Å². The summed E-state index contributed by atoms with van der Waals surface area (Å²) in [7, 11) is 0. The SMILES string of the molecule is CCCCNC(=O)C/C=C\C=C/CSNCC(=O)Nc1ccc(O)cc1. The molecule has 0 atom stereocenters. The van der Waals surface area contributed by atoms with Crippen molar-refractivity contribution < 1.29 is 14.7 Å². The first-order chi connectivity index (χ1) is 12.6. The molecule has 2 amide bonds. The number of nitrogens with one attached hydrogen (secondary N) is 3. The van der Waals surface area contributed by atoms with Gasteiger partial charge in [-0.2, -0.15) is 0 Å². The molecule has 0 bridgehead atoms. The standard InChI is InChI=1S/C19H27N3O3S/c1-2-3-13-20-18(24)8-6-4-5-7-14-26-21-15-19(25)22-16-9-11-17(23)12-10-16/h4-7,9-12,21,23H,2-3,8,13-15H2,1H3,(H,20,24)(H,22,25)/b6-4-,7-5-. The van der Waals surface area contributed by atoms with Crippen LogP contribution in [-0.4, -0.2) is 35.8 Å². The molecule has 0 unspecified atom stereocenters. The van der Waals surface area contributed by atoms with E-state index in [0.717, 1.165) is 19.4 Å². The van der Waals surface area contributed by atoms with Crippen molar-refractivity contribution >= 4 is 29.4 Å². The number of phenols is 1. The Morgan fingerprint density at radius 2 is 1.85 bits per heavy atom. The number of carbonyl (C=O) groups is 2. The number of anilines is 1. The van der Waals surface area contributed by atoms with Crippen molar-refractivity contribution in [3.63, 3.8) is 0 Å². The molecule has 0 saturated heterocycles. The second kappa shape index (κ2) is 14.0. The van der Waals surface area contributed by atoms with E-state index in [4.69, 9.17) is 0 Å². The zero-order valence-electron chi connectivity index (χ0n) is 15.0. The van der Waals surface area contributed by atoms with Crippen LogP contribution in [-0.2, 0) is 9.59 Å². The van der Waals surface area contributed by atoms with Crippen LogP contribution < -0.4 is 15.4 Å². The first kappa shape index (κ1) is 21.8. The van der Waals surface area contributed by atoms with Crippen LogP contribution in [0.3, 0.4) is 0 Å². The van der Waals surface area contributed by atoms with Gasteiger partial charge in [-0.25, -0.2) is 0 Å². The van der Waals surface area contributed by atoms with Gasteiger partial charge >= 0.3 is 0 Å². The molecule has 142 valence electrons. The Kier molecular flexibility index (Phi) is 11.7. The number of amides is 2. The average Bonchev–Trinajstić information content (AvgIpc) is 2.62. The second-order valence-electron chi connectivity index (χ2n) is 5.49. The minimum Gasteiger partial charge on any atom is -0.508 e. The largest absolute Gasteiger partial charge is 0.508 e. The molecule has 6 nitrogen and oxygen atoms in total. The van der Waals surface area contributed by atoms with Gasteiger partial charge in [0.25, 0.3) is 0 Å². The number of phenolic OH excluding ortho intramolecular Hbond substituents is 1. The van der Waals surface area contributed by atoms with Crippen LogP contribution in [0.4, 0.5) is 5.69 Å². The lowest BCUT2D eigenvalue weighted by Gasteiger charge is -2.05. The van der Waals surface area contributed by atoms with Crippen LogP contribution in [0.1, 0.15) is 26.2 Å². The van der Waals surface area contributed by atoms with Gasteiger partial charge in [-0.3, -0.25) is 14.3 Å². The number of carbonyl (C=O) groups excluding carboxylic acids is 2. The number of rotatable bonds is 12. The van der Waals surface area contributed by atoms with Crippen LogP contribution in [0.5, 0.6) is 5.75 Å². The molecule has 0 aliphatic carbocycles. The molecule has 0 fully saturated rings. The fourth-order valence-corrected chi connectivity index (χ4v) is 2.40. The van der Waals surface area contributed by atoms with E-state index in [1.165, 1.54) is 24.1 Å². The smallest absolute Gasteiger partial charge is 0.239 e. The van der Waals surface area contributed by atoms with E-state index in [2.05, 4.69) is 22.3 Å². The van der Waals surface area contributed by atoms with Gasteiger partial charge in [0.2, 0.25) is 11.8 Å². The van der Waals surface area contributed by atoms with Crippen LogP contribution in [0.25, 0.3) is 0 Å². The van der Waals surface area contributed by atoms with E-state index in [1.54, 1.807) is 12.1 Å². The number of unbranched alkanes of at least 4 members (excludes halogenated alkanes) is 1. The molecule has 1 aromatic carbocycles. The zero-order valence-corrected chi connectivity index (χ0v) is 15.8. The lowest BCUT2D eigenvalue weighted by atomic mass is 10.3. The molecule has 26 heavy (non-hydrogen) atoms. The van der Waals surface area contributed by atoms with Gasteiger partial charge in [0, 0.05) is 24.4 Å². The highest BCUT2D eigenvalue weighted by Crippen LogP contribution is 2.13. The maximum atomic E-state index is 11.7. The summed E-state index contributed by atoms with van der Waals surface area (Å²) in [4.78, 5) is 23.2. The summed E-state index contributed by atoms with van der Waals surface area (Å²) in [5.74, 6) is 0.758. The highest BCUT2D eigenvalue weighted by Gasteiger charge is 2.01. The molecular formula is C19H27N3O3S. The zero-order chi connectivity index (χ0) is 19.0. The number of allylic oxidation sites excluding steroid dienone is 2. The van der Waals surface area contributed by atoms with E-state index in [1.807, 2.05) is 24.3 Å².